The monoisotopic (exact) mass is 489 g/mol. The van der Waals surface area contributed by atoms with E-state index in [1.807, 2.05) is 18.2 Å². The SMILES string of the molecule is CN=C(NCc1ccccc1OCC(C)C)N1CCC(C(=O)OC)CC1.I. The van der Waals surface area contributed by atoms with Gasteiger partial charge in [0.1, 0.15) is 5.75 Å². The van der Waals surface area contributed by atoms with Gasteiger partial charge in [-0.1, -0.05) is 32.0 Å². The molecule has 0 spiro atoms. The van der Waals surface area contributed by atoms with Crippen molar-refractivity contribution in [1.29, 1.82) is 0 Å². The maximum Gasteiger partial charge on any atom is 0.308 e. The highest BCUT2D eigenvalue weighted by molar-refractivity contribution is 14.0. The van der Waals surface area contributed by atoms with E-state index < -0.39 is 0 Å². The molecule has 0 amide bonds. The third kappa shape index (κ3) is 7.20. The molecule has 152 valence electrons. The molecular weight excluding hydrogens is 457 g/mol. The number of aliphatic imine (C=N–C) groups is 1. The Morgan fingerprint density at radius 3 is 2.56 bits per heavy atom. The van der Waals surface area contributed by atoms with Gasteiger partial charge in [-0.3, -0.25) is 9.79 Å². The number of carbonyl (C=O) groups excluding carboxylic acids is 1. The molecular formula is C20H32IN3O3. The van der Waals surface area contributed by atoms with Gasteiger partial charge in [0, 0.05) is 32.2 Å². The zero-order valence-corrected chi connectivity index (χ0v) is 19.1. The first-order valence-corrected chi connectivity index (χ1v) is 9.29. The lowest BCUT2D eigenvalue weighted by atomic mass is 9.97. The van der Waals surface area contributed by atoms with Crippen molar-refractivity contribution in [3.63, 3.8) is 0 Å². The number of para-hydroxylation sites is 1. The quantitative estimate of drug-likeness (QED) is 0.288. The molecule has 7 heteroatoms. The molecule has 1 aromatic carbocycles. The Balaban J connectivity index is 0.00000364. The van der Waals surface area contributed by atoms with Crippen LogP contribution in [0.5, 0.6) is 5.75 Å². The van der Waals surface area contributed by atoms with Gasteiger partial charge < -0.3 is 19.7 Å². The van der Waals surface area contributed by atoms with Crippen molar-refractivity contribution in [2.75, 3.05) is 33.9 Å². The number of carbonyl (C=O) groups is 1. The standard InChI is InChI=1S/C20H31N3O3.HI/c1-15(2)14-26-18-8-6-5-7-17(18)13-22-20(21-3)23-11-9-16(10-12-23)19(24)25-4;/h5-8,15-16H,9-14H2,1-4H3,(H,21,22);1H. The highest BCUT2D eigenvalue weighted by Crippen LogP contribution is 2.20. The number of nitrogens with zero attached hydrogens (tertiary/aromatic N) is 2. The van der Waals surface area contributed by atoms with E-state index in [4.69, 9.17) is 9.47 Å². The Morgan fingerprint density at radius 2 is 1.96 bits per heavy atom. The van der Waals surface area contributed by atoms with Crippen LogP contribution in [0.1, 0.15) is 32.3 Å². The van der Waals surface area contributed by atoms with E-state index in [0.717, 1.165) is 43.2 Å². The lowest BCUT2D eigenvalue weighted by Crippen LogP contribution is -2.46. The summed E-state index contributed by atoms with van der Waals surface area (Å²) < 4.78 is 10.8. The van der Waals surface area contributed by atoms with Crippen LogP contribution < -0.4 is 10.1 Å². The molecule has 1 N–H and O–H groups in total. The van der Waals surface area contributed by atoms with Crippen molar-refractivity contribution < 1.29 is 14.3 Å². The largest absolute Gasteiger partial charge is 0.493 e. The number of benzene rings is 1. The number of ether oxygens (including phenoxy) is 2. The fraction of sp³-hybridized carbons (Fsp3) is 0.600. The molecule has 2 rings (SSSR count). The number of piperidine rings is 1. The van der Waals surface area contributed by atoms with E-state index in [9.17, 15) is 4.79 Å². The highest BCUT2D eigenvalue weighted by atomic mass is 127. The lowest BCUT2D eigenvalue weighted by molar-refractivity contribution is -0.146. The summed E-state index contributed by atoms with van der Waals surface area (Å²) in [6.07, 6.45) is 1.59. The Bertz CT molecular complexity index is 614. The van der Waals surface area contributed by atoms with E-state index in [-0.39, 0.29) is 35.9 Å². The summed E-state index contributed by atoms with van der Waals surface area (Å²) in [6, 6.07) is 8.08. The number of hydrogen-bond donors (Lipinski definition) is 1. The predicted molar refractivity (Wildman–Crippen MR) is 119 cm³/mol. The predicted octanol–water partition coefficient (Wildman–Crippen LogP) is 3.30. The Labute approximate surface area is 179 Å². The van der Waals surface area contributed by atoms with Crippen LogP contribution in [0.3, 0.4) is 0 Å². The summed E-state index contributed by atoms with van der Waals surface area (Å²) in [5.41, 5.74) is 1.11. The van der Waals surface area contributed by atoms with E-state index in [2.05, 4.69) is 35.1 Å². The number of nitrogens with one attached hydrogen (secondary N) is 1. The second kappa shape index (κ2) is 12.0. The van der Waals surface area contributed by atoms with E-state index >= 15 is 0 Å². The molecule has 0 radical (unpaired) electrons. The highest BCUT2D eigenvalue weighted by Gasteiger charge is 2.26. The van der Waals surface area contributed by atoms with Crippen molar-refractivity contribution >= 4 is 35.9 Å². The summed E-state index contributed by atoms with van der Waals surface area (Å²) >= 11 is 0. The molecule has 1 heterocycles. The Hall–Kier alpha value is -1.51. The molecule has 0 bridgehead atoms. The van der Waals surface area contributed by atoms with Gasteiger partial charge in [-0.25, -0.2) is 0 Å². The van der Waals surface area contributed by atoms with Gasteiger partial charge in [-0.05, 0) is 24.8 Å². The van der Waals surface area contributed by atoms with Gasteiger partial charge in [-0.15, -0.1) is 24.0 Å². The minimum atomic E-state index is -0.108. The number of methoxy groups -OCH3 is 1. The second-order valence-corrected chi connectivity index (χ2v) is 7.00. The fourth-order valence-electron chi connectivity index (χ4n) is 3.05. The van der Waals surface area contributed by atoms with E-state index in [1.165, 1.54) is 7.11 Å². The molecule has 0 aromatic heterocycles. The molecule has 0 saturated carbocycles. The summed E-state index contributed by atoms with van der Waals surface area (Å²) in [6.45, 7) is 7.22. The third-order valence-electron chi connectivity index (χ3n) is 4.52. The summed E-state index contributed by atoms with van der Waals surface area (Å²) in [5, 5.41) is 3.42. The zero-order chi connectivity index (χ0) is 18.9. The number of likely N-dealkylation sites (tertiary alicyclic amines) is 1. The molecule has 1 saturated heterocycles. The molecule has 1 aromatic rings. The minimum absolute atomic E-state index is 0. The Morgan fingerprint density at radius 1 is 1.30 bits per heavy atom. The van der Waals surface area contributed by atoms with Crippen LogP contribution in [0.4, 0.5) is 0 Å². The van der Waals surface area contributed by atoms with Crippen molar-refractivity contribution in [2.24, 2.45) is 16.8 Å². The Kier molecular flexibility index (Phi) is 10.5. The van der Waals surface area contributed by atoms with Gasteiger partial charge in [0.25, 0.3) is 0 Å². The fourth-order valence-corrected chi connectivity index (χ4v) is 3.05. The van der Waals surface area contributed by atoms with Crippen LogP contribution in [0.25, 0.3) is 0 Å². The van der Waals surface area contributed by atoms with Crippen molar-refractivity contribution in [3.05, 3.63) is 29.8 Å². The average molecular weight is 489 g/mol. The van der Waals surface area contributed by atoms with Crippen molar-refractivity contribution in [1.82, 2.24) is 10.2 Å². The number of hydrogen-bond acceptors (Lipinski definition) is 4. The molecule has 6 nitrogen and oxygen atoms in total. The van der Waals surface area contributed by atoms with E-state index in [1.54, 1.807) is 7.05 Å². The maximum absolute atomic E-state index is 11.7. The number of esters is 1. The van der Waals surface area contributed by atoms with Crippen molar-refractivity contribution in [3.8, 4) is 5.75 Å². The van der Waals surface area contributed by atoms with E-state index in [0.29, 0.717) is 19.1 Å². The summed E-state index contributed by atoms with van der Waals surface area (Å²) in [4.78, 5) is 18.3. The molecule has 1 aliphatic heterocycles. The molecule has 0 atom stereocenters. The maximum atomic E-state index is 11.7. The first-order chi connectivity index (χ1) is 12.5. The van der Waals surface area contributed by atoms with Gasteiger partial charge in [-0.2, -0.15) is 0 Å². The van der Waals surface area contributed by atoms with Gasteiger partial charge in [0.2, 0.25) is 0 Å². The zero-order valence-electron chi connectivity index (χ0n) is 16.7. The van der Waals surface area contributed by atoms with Crippen molar-refractivity contribution in [2.45, 2.75) is 33.2 Å². The van der Waals surface area contributed by atoms with Crippen LogP contribution in [-0.4, -0.2) is 50.7 Å². The van der Waals surface area contributed by atoms with Crippen LogP contribution in [0, 0.1) is 11.8 Å². The minimum Gasteiger partial charge on any atom is -0.493 e. The molecule has 1 aliphatic rings. The number of guanidine groups is 1. The lowest BCUT2D eigenvalue weighted by Gasteiger charge is -2.33. The first kappa shape index (κ1) is 23.5. The van der Waals surface area contributed by atoms with Gasteiger partial charge >= 0.3 is 5.97 Å². The topological polar surface area (TPSA) is 63.2 Å². The van der Waals surface area contributed by atoms with Crippen LogP contribution in [0.15, 0.2) is 29.3 Å². The molecule has 27 heavy (non-hydrogen) atoms. The smallest absolute Gasteiger partial charge is 0.308 e. The van der Waals surface area contributed by atoms with Crippen LogP contribution >= 0.6 is 24.0 Å². The molecule has 0 aliphatic carbocycles. The van der Waals surface area contributed by atoms with Gasteiger partial charge in [0.05, 0.1) is 19.6 Å². The van der Waals surface area contributed by atoms with Crippen LogP contribution in [0.2, 0.25) is 0 Å². The number of halogens is 1. The first-order valence-electron chi connectivity index (χ1n) is 9.29. The van der Waals surface area contributed by atoms with Crippen LogP contribution in [-0.2, 0) is 16.1 Å². The third-order valence-corrected chi connectivity index (χ3v) is 4.52. The molecule has 0 unspecified atom stereocenters. The van der Waals surface area contributed by atoms with Gasteiger partial charge in [0.15, 0.2) is 5.96 Å². The summed E-state index contributed by atoms with van der Waals surface area (Å²) in [5.74, 6) is 2.14. The summed E-state index contributed by atoms with van der Waals surface area (Å²) in [7, 11) is 3.24. The molecule has 1 fully saturated rings. The second-order valence-electron chi connectivity index (χ2n) is 7.00. The normalized spacial score (nSPS) is 15.3. The number of rotatable bonds is 6. The average Bonchev–Trinajstić information content (AvgIpc) is 2.67.